The van der Waals surface area contributed by atoms with Gasteiger partial charge < -0.3 is 0 Å². The van der Waals surface area contributed by atoms with Gasteiger partial charge in [0.1, 0.15) is 0 Å². The molecule has 0 aliphatic heterocycles. The number of allylic oxidation sites excluding steroid dienone is 1. The minimum atomic E-state index is -0.0439. The first kappa shape index (κ1) is 14.5. The van der Waals surface area contributed by atoms with Gasteiger partial charge in [-0.25, -0.2) is 0 Å². The molecule has 0 aliphatic carbocycles. The van der Waals surface area contributed by atoms with Crippen LogP contribution in [0.5, 0.6) is 0 Å². The van der Waals surface area contributed by atoms with E-state index in [1.54, 1.807) is 24.0 Å². The molecule has 0 saturated heterocycles. The fourth-order valence-corrected chi connectivity index (χ4v) is 2.12. The molecule has 0 saturated carbocycles. The molecule has 0 unspecified atom stereocenters. The minimum Gasteiger partial charge on any atom is -0.289 e. The van der Waals surface area contributed by atoms with Gasteiger partial charge in [-0.2, -0.15) is 5.10 Å². The number of rotatable bonds is 4. The van der Waals surface area contributed by atoms with E-state index in [4.69, 9.17) is 11.6 Å². The van der Waals surface area contributed by atoms with Gasteiger partial charge in [0.25, 0.3) is 0 Å². The quantitative estimate of drug-likeness (QED) is 0.627. The van der Waals surface area contributed by atoms with Crippen molar-refractivity contribution in [2.75, 3.05) is 0 Å². The first-order valence-electron chi connectivity index (χ1n) is 6.49. The van der Waals surface area contributed by atoms with Crippen LogP contribution < -0.4 is 0 Å². The molecule has 2 rings (SSSR count). The second kappa shape index (κ2) is 6.06. The van der Waals surface area contributed by atoms with Gasteiger partial charge in [-0.15, -0.1) is 0 Å². The van der Waals surface area contributed by atoms with Crippen LogP contribution in [0, 0.1) is 0 Å². The Bertz CT molecular complexity index is 619. The van der Waals surface area contributed by atoms with Gasteiger partial charge in [0.05, 0.1) is 16.9 Å². The molecule has 3 nitrogen and oxygen atoms in total. The molecular weight excluding hydrogens is 272 g/mol. The Morgan fingerprint density at radius 2 is 1.95 bits per heavy atom. The Morgan fingerprint density at radius 3 is 2.45 bits per heavy atom. The Balaban J connectivity index is 2.16. The van der Waals surface area contributed by atoms with Crippen LogP contribution in [0.1, 0.15) is 41.4 Å². The molecule has 2 aromatic rings. The van der Waals surface area contributed by atoms with Crippen LogP contribution in [0.4, 0.5) is 0 Å². The summed E-state index contributed by atoms with van der Waals surface area (Å²) >= 11 is 5.98. The van der Waals surface area contributed by atoms with E-state index >= 15 is 0 Å². The van der Waals surface area contributed by atoms with Crippen molar-refractivity contribution >= 4 is 23.5 Å². The van der Waals surface area contributed by atoms with E-state index in [0.717, 1.165) is 5.69 Å². The molecule has 0 atom stereocenters. The number of carbonyl (C=O) groups is 1. The number of carbonyl (C=O) groups excluding carboxylic acids is 1. The lowest BCUT2D eigenvalue weighted by Crippen LogP contribution is -1.97. The zero-order valence-corrected chi connectivity index (χ0v) is 12.6. The topological polar surface area (TPSA) is 34.9 Å². The molecule has 0 fully saturated rings. The Kier molecular flexibility index (Phi) is 4.40. The molecule has 1 heterocycles. The predicted molar refractivity (Wildman–Crippen MR) is 82.1 cm³/mol. The van der Waals surface area contributed by atoms with E-state index in [-0.39, 0.29) is 5.78 Å². The van der Waals surface area contributed by atoms with E-state index < -0.39 is 0 Å². The Labute approximate surface area is 123 Å². The molecule has 4 heteroatoms. The first-order chi connectivity index (χ1) is 9.49. The van der Waals surface area contributed by atoms with Gasteiger partial charge in [-0.1, -0.05) is 49.7 Å². The van der Waals surface area contributed by atoms with Crippen LogP contribution in [0.3, 0.4) is 0 Å². The molecule has 0 radical (unpaired) electrons. The van der Waals surface area contributed by atoms with Gasteiger partial charge in [0, 0.05) is 12.6 Å². The van der Waals surface area contributed by atoms with E-state index in [1.165, 1.54) is 11.6 Å². The number of aryl methyl sites for hydroxylation is 1. The Hall–Kier alpha value is -1.87. The summed E-state index contributed by atoms with van der Waals surface area (Å²) in [5.41, 5.74) is 2.61. The van der Waals surface area contributed by atoms with Crippen molar-refractivity contribution in [2.45, 2.75) is 19.8 Å². The third kappa shape index (κ3) is 3.17. The van der Waals surface area contributed by atoms with E-state index in [9.17, 15) is 4.79 Å². The van der Waals surface area contributed by atoms with Crippen LogP contribution in [0.25, 0.3) is 6.08 Å². The van der Waals surface area contributed by atoms with Crippen molar-refractivity contribution in [3.8, 4) is 0 Å². The van der Waals surface area contributed by atoms with Crippen molar-refractivity contribution < 1.29 is 4.79 Å². The highest BCUT2D eigenvalue weighted by molar-refractivity contribution is 6.31. The molecule has 1 aromatic heterocycles. The third-order valence-corrected chi connectivity index (χ3v) is 3.48. The standard InChI is InChI=1S/C16H17ClN2O/c1-11(2)12-4-6-13(7-5-12)16(20)9-8-15-14(17)10-18-19(15)3/h4-11H,1-3H3/b9-8+. The lowest BCUT2D eigenvalue weighted by molar-refractivity contribution is 0.104. The maximum absolute atomic E-state index is 12.1. The van der Waals surface area contributed by atoms with Crippen LogP contribution in [-0.4, -0.2) is 15.6 Å². The summed E-state index contributed by atoms with van der Waals surface area (Å²) in [5.74, 6) is 0.417. The van der Waals surface area contributed by atoms with Gasteiger partial charge in [0.15, 0.2) is 5.78 Å². The summed E-state index contributed by atoms with van der Waals surface area (Å²) in [6.45, 7) is 4.25. The number of halogens is 1. The van der Waals surface area contributed by atoms with Crippen molar-refractivity contribution in [3.05, 3.63) is 58.4 Å². The van der Waals surface area contributed by atoms with Crippen molar-refractivity contribution in [1.82, 2.24) is 9.78 Å². The number of ketones is 1. The molecule has 0 spiro atoms. The number of hydrogen-bond donors (Lipinski definition) is 0. The van der Waals surface area contributed by atoms with Gasteiger partial charge in [0.2, 0.25) is 0 Å². The first-order valence-corrected chi connectivity index (χ1v) is 6.86. The second-order valence-electron chi connectivity index (χ2n) is 4.98. The molecule has 20 heavy (non-hydrogen) atoms. The summed E-state index contributed by atoms with van der Waals surface area (Å²) in [4.78, 5) is 12.1. The predicted octanol–water partition coefficient (Wildman–Crippen LogP) is 4.09. The fraction of sp³-hybridized carbons (Fsp3) is 0.250. The number of hydrogen-bond acceptors (Lipinski definition) is 2. The van der Waals surface area contributed by atoms with Crippen LogP contribution in [0.15, 0.2) is 36.5 Å². The second-order valence-corrected chi connectivity index (χ2v) is 5.38. The van der Waals surface area contributed by atoms with Crippen LogP contribution >= 0.6 is 11.6 Å². The zero-order valence-electron chi connectivity index (χ0n) is 11.8. The highest BCUT2D eigenvalue weighted by Crippen LogP contribution is 2.17. The number of benzene rings is 1. The average molecular weight is 289 g/mol. The smallest absolute Gasteiger partial charge is 0.185 e. The molecule has 0 aliphatic rings. The van der Waals surface area contributed by atoms with Crippen molar-refractivity contribution in [1.29, 1.82) is 0 Å². The summed E-state index contributed by atoms with van der Waals surface area (Å²) in [7, 11) is 1.79. The van der Waals surface area contributed by atoms with Crippen molar-refractivity contribution in [2.24, 2.45) is 7.05 Å². The molecule has 0 N–H and O–H groups in total. The summed E-state index contributed by atoms with van der Waals surface area (Å²) in [6.07, 6.45) is 4.77. The largest absolute Gasteiger partial charge is 0.289 e. The fourth-order valence-electron chi connectivity index (χ4n) is 1.89. The average Bonchev–Trinajstić information content (AvgIpc) is 2.75. The summed E-state index contributed by atoms with van der Waals surface area (Å²) < 4.78 is 1.63. The molecule has 0 amide bonds. The SMILES string of the molecule is CC(C)c1ccc(C(=O)/C=C/c2c(Cl)cnn2C)cc1. The monoisotopic (exact) mass is 288 g/mol. The van der Waals surface area contributed by atoms with Gasteiger partial charge in [-0.3, -0.25) is 9.48 Å². The lowest BCUT2D eigenvalue weighted by atomic mass is 10.0. The summed E-state index contributed by atoms with van der Waals surface area (Å²) in [5, 5.41) is 4.55. The molecular formula is C16H17ClN2O. The lowest BCUT2D eigenvalue weighted by Gasteiger charge is -2.05. The van der Waals surface area contributed by atoms with Crippen molar-refractivity contribution in [3.63, 3.8) is 0 Å². The molecule has 0 bridgehead atoms. The van der Waals surface area contributed by atoms with E-state index in [1.807, 2.05) is 24.3 Å². The number of nitrogens with zero attached hydrogens (tertiary/aromatic N) is 2. The minimum absolute atomic E-state index is 0.0439. The maximum Gasteiger partial charge on any atom is 0.185 e. The van der Waals surface area contributed by atoms with Crippen LogP contribution in [0.2, 0.25) is 5.02 Å². The highest BCUT2D eigenvalue weighted by Gasteiger charge is 2.06. The third-order valence-electron chi connectivity index (χ3n) is 3.19. The Morgan fingerprint density at radius 1 is 1.30 bits per heavy atom. The maximum atomic E-state index is 12.1. The highest BCUT2D eigenvalue weighted by atomic mass is 35.5. The normalized spacial score (nSPS) is 11.4. The molecule has 104 valence electrons. The van der Waals surface area contributed by atoms with Crippen LogP contribution in [-0.2, 0) is 7.05 Å². The zero-order chi connectivity index (χ0) is 14.7. The molecule has 1 aromatic carbocycles. The summed E-state index contributed by atoms with van der Waals surface area (Å²) in [6, 6.07) is 7.69. The van der Waals surface area contributed by atoms with E-state index in [0.29, 0.717) is 16.5 Å². The number of aromatic nitrogens is 2. The van der Waals surface area contributed by atoms with Gasteiger partial charge >= 0.3 is 0 Å². The van der Waals surface area contributed by atoms with E-state index in [2.05, 4.69) is 18.9 Å². The van der Waals surface area contributed by atoms with Gasteiger partial charge in [-0.05, 0) is 23.6 Å².